The third-order valence-electron chi connectivity index (χ3n) is 7.74. The van der Waals surface area contributed by atoms with Crippen LogP contribution in [-0.4, -0.2) is 43.5 Å². The Morgan fingerprint density at radius 3 is 2.66 bits per heavy atom. The van der Waals surface area contributed by atoms with Crippen LogP contribution in [0.2, 0.25) is 0 Å². The zero-order chi connectivity index (χ0) is 32.2. The van der Waals surface area contributed by atoms with Crippen molar-refractivity contribution in [2.75, 3.05) is 12.4 Å². The van der Waals surface area contributed by atoms with Crippen LogP contribution in [0.1, 0.15) is 68.2 Å². The SMILES string of the molecule is [2H]C([2H])([2H])n1c(=O)n([C@@H]2CC[C@@H](NC(=O)OC)C2)c2cc(Nc3cc(C(C)(C)O)c4cccc(C(C)(C)C#N)c4n3)ncc21. The molecule has 0 spiro atoms. The van der Waals surface area contributed by atoms with Gasteiger partial charge in [-0.3, -0.25) is 9.13 Å². The molecule has 1 aromatic carbocycles. The molecule has 0 unspecified atom stereocenters. The number of pyridine rings is 2. The number of nitrogens with zero attached hydrogens (tertiary/aromatic N) is 5. The quantitative estimate of drug-likeness (QED) is 0.312. The van der Waals surface area contributed by atoms with Crippen molar-refractivity contribution in [3.8, 4) is 6.07 Å². The topological polar surface area (TPSA) is 147 Å². The number of amides is 1. The number of rotatable bonds is 6. The van der Waals surface area contributed by atoms with Gasteiger partial charge in [0.1, 0.15) is 11.6 Å². The molecular formula is C30H35N7O4. The van der Waals surface area contributed by atoms with Crippen molar-refractivity contribution in [2.24, 2.45) is 6.98 Å². The van der Waals surface area contributed by atoms with Crippen molar-refractivity contribution in [1.82, 2.24) is 24.4 Å². The molecule has 0 saturated heterocycles. The number of aliphatic hydroxyl groups is 1. The largest absolute Gasteiger partial charge is 0.453 e. The lowest BCUT2D eigenvalue weighted by atomic mass is 9.83. The van der Waals surface area contributed by atoms with Crippen LogP contribution >= 0.6 is 0 Å². The molecule has 1 aliphatic carbocycles. The Labute approximate surface area is 242 Å². The summed E-state index contributed by atoms with van der Waals surface area (Å²) in [5, 5.41) is 27.6. The normalized spacial score (nSPS) is 18.9. The predicted octanol–water partition coefficient (Wildman–Crippen LogP) is 4.50. The Bertz CT molecular complexity index is 1870. The smallest absolute Gasteiger partial charge is 0.407 e. The molecule has 11 heteroatoms. The second-order valence-electron chi connectivity index (χ2n) is 11.5. The van der Waals surface area contributed by atoms with E-state index in [0.29, 0.717) is 58.4 Å². The van der Waals surface area contributed by atoms with E-state index in [1.807, 2.05) is 18.2 Å². The first kappa shape index (κ1) is 24.4. The van der Waals surface area contributed by atoms with Crippen LogP contribution in [0.4, 0.5) is 16.4 Å². The van der Waals surface area contributed by atoms with E-state index in [1.54, 1.807) is 39.8 Å². The molecule has 1 amide bonds. The number of methoxy groups -OCH3 is 1. The van der Waals surface area contributed by atoms with E-state index in [-0.39, 0.29) is 17.6 Å². The van der Waals surface area contributed by atoms with Crippen LogP contribution in [0.25, 0.3) is 21.9 Å². The maximum atomic E-state index is 13.6. The van der Waals surface area contributed by atoms with Crippen LogP contribution in [-0.2, 0) is 22.7 Å². The number of hydrogen-bond acceptors (Lipinski definition) is 8. The molecule has 4 aromatic rings. The molecule has 41 heavy (non-hydrogen) atoms. The summed E-state index contributed by atoms with van der Waals surface area (Å²) in [6.07, 6.45) is 2.31. The zero-order valence-corrected chi connectivity index (χ0v) is 23.6. The lowest BCUT2D eigenvalue weighted by molar-refractivity contribution is 0.0802. The molecule has 3 aromatic heterocycles. The van der Waals surface area contributed by atoms with E-state index in [4.69, 9.17) is 13.8 Å². The van der Waals surface area contributed by atoms with Gasteiger partial charge in [0.2, 0.25) is 0 Å². The fourth-order valence-electron chi connectivity index (χ4n) is 5.60. The van der Waals surface area contributed by atoms with Gasteiger partial charge in [-0.15, -0.1) is 0 Å². The van der Waals surface area contributed by atoms with Gasteiger partial charge in [0.25, 0.3) is 0 Å². The average Bonchev–Trinajstić information content (AvgIpc) is 3.51. The highest BCUT2D eigenvalue weighted by molar-refractivity contribution is 5.89. The summed E-state index contributed by atoms with van der Waals surface area (Å²) in [5.74, 6) is 0.636. The molecule has 1 fully saturated rings. The summed E-state index contributed by atoms with van der Waals surface area (Å²) in [6.45, 7) is 4.18. The molecule has 0 aliphatic heterocycles. The number of imidazole rings is 1. The minimum absolute atomic E-state index is 0.145. The third kappa shape index (κ3) is 5.11. The Hall–Kier alpha value is -4.43. The van der Waals surface area contributed by atoms with E-state index in [9.17, 15) is 20.0 Å². The van der Waals surface area contributed by atoms with E-state index >= 15 is 0 Å². The van der Waals surface area contributed by atoms with Gasteiger partial charge in [-0.1, -0.05) is 18.2 Å². The van der Waals surface area contributed by atoms with Crippen molar-refractivity contribution in [1.29, 1.82) is 5.26 Å². The van der Waals surface area contributed by atoms with Crippen molar-refractivity contribution in [3.05, 3.63) is 58.1 Å². The number of fused-ring (bicyclic) bond motifs is 2. The number of anilines is 2. The van der Waals surface area contributed by atoms with Crippen molar-refractivity contribution in [3.63, 3.8) is 0 Å². The number of hydrogen-bond donors (Lipinski definition) is 3. The highest BCUT2D eigenvalue weighted by atomic mass is 16.5. The molecule has 5 rings (SSSR count). The van der Waals surface area contributed by atoms with Crippen molar-refractivity contribution >= 4 is 39.7 Å². The minimum Gasteiger partial charge on any atom is -0.453 e. The van der Waals surface area contributed by atoms with E-state index in [1.165, 1.54) is 17.9 Å². The number of aryl methyl sites for hydroxylation is 1. The fourth-order valence-corrected chi connectivity index (χ4v) is 5.60. The van der Waals surface area contributed by atoms with Gasteiger partial charge in [-0.25, -0.2) is 19.6 Å². The second-order valence-corrected chi connectivity index (χ2v) is 11.5. The molecule has 1 saturated carbocycles. The number of aromatic nitrogens is 4. The van der Waals surface area contributed by atoms with E-state index in [2.05, 4.69) is 21.7 Å². The summed E-state index contributed by atoms with van der Waals surface area (Å²) in [6, 6.07) is 10.5. The maximum Gasteiger partial charge on any atom is 0.407 e. The van der Waals surface area contributed by atoms with Crippen molar-refractivity contribution < 1.29 is 18.8 Å². The van der Waals surface area contributed by atoms with Crippen molar-refractivity contribution in [2.45, 2.75) is 70.1 Å². The summed E-state index contributed by atoms with van der Waals surface area (Å²) in [7, 11) is 1.28. The number of nitriles is 1. The molecule has 0 radical (unpaired) electrons. The summed E-state index contributed by atoms with van der Waals surface area (Å²) in [5.41, 5.74) is -0.484. The van der Waals surface area contributed by atoms with Crippen LogP contribution < -0.4 is 16.3 Å². The molecule has 3 heterocycles. The molecule has 0 bridgehead atoms. The lowest BCUT2D eigenvalue weighted by Gasteiger charge is -2.24. The number of carbonyl (C=O) groups excluding carboxylic acids is 1. The fraction of sp³-hybridized carbons (Fsp3) is 0.433. The standard InChI is InChI=1S/C30H35N7O4/c1-29(2,16-31)20-9-7-8-19-21(30(3,4)40)13-25(35-26(19)20)34-24-14-22-23(15-32-24)36(5)28(39)37(22)18-11-10-17(12-18)33-27(38)41-6/h7-9,13-15,17-18,40H,10-12H2,1-6H3,(H,33,38)(H,32,34,35)/t17-,18-/m1/s1/i5D3. The highest BCUT2D eigenvalue weighted by Gasteiger charge is 2.31. The molecule has 11 nitrogen and oxygen atoms in total. The molecule has 3 N–H and O–H groups in total. The Kier molecular flexibility index (Phi) is 6.06. The van der Waals surface area contributed by atoms with Gasteiger partial charge in [0.05, 0.1) is 46.9 Å². The first-order chi connectivity index (χ1) is 20.5. The third-order valence-corrected chi connectivity index (χ3v) is 7.74. The van der Waals surface area contributed by atoms with Gasteiger partial charge in [-0.05, 0) is 64.2 Å². The molecule has 1 aliphatic rings. The number of nitrogens with one attached hydrogen (secondary N) is 2. The van der Waals surface area contributed by atoms with Crippen LogP contribution in [0.5, 0.6) is 0 Å². The molecule has 2 atom stereocenters. The minimum atomic E-state index is -2.75. The van der Waals surface area contributed by atoms with E-state index < -0.39 is 29.8 Å². The number of ether oxygens (including phenoxy) is 1. The van der Waals surface area contributed by atoms with Gasteiger partial charge < -0.3 is 20.5 Å². The van der Waals surface area contributed by atoms with E-state index in [0.717, 1.165) is 4.57 Å². The van der Waals surface area contributed by atoms with Gasteiger partial charge in [-0.2, -0.15) is 5.26 Å². The Morgan fingerprint density at radius 2 is 1.98 bits per heavy atom. The van der Waals surface area contributed by atoms with Gasteiger partial charge >= 0.3 is 11.8 Å². The monoisotopic (exact) mass is 560 g/mol. The summed E-state index contributed by atoms with van der Waals surface area (Å²) < 4.78 is 31.0. The molecule has 214 valence electrons. The Morgan fingerprint density at radius 1 is 1.20 bits per heavy atom. The van der Waals surface area contributed by atoms with Crippen LogP contribution in [0, 0.1) is 11.3 Å². The summed E-state index contributed by atoms with van der Waals surface area (Å²) in [4.78, 5) is 34.6. The highest BCUT2D eigenvalue weighted by Crippen LogP contribution is 2.36. The van der Waals surface area contributed by atoms with Gasteiger partial charge in [0, 0.05) is 34.6 Å². The van der Waals surface area contributed by atoms with Gasteiger partial charge in [0.15, 0.2) is 0 Å². The second kappa shape index (κ2) is 10.2. The molecular weight excluding hydrogens is 522 g/mol. The Balaban J connectivity index is 1.63. The number of para-hydroxylation sites is 1. The lowest BCUT2D eigenvalue weighted by Crippen LogP contribution is -2.33. The number of benzene rings is 1. The number of alkyl carbamates (subject to hydrolysis) is 1. The van der Waals surface area contributed by atoms with Crippen LogP contribution in [0.3, 0.4) is 0 Å². The first-order valence-corrected chi connectivity index (χ1v) is 13.4. The zero-order valence-electron chi connectivity index (χ0n) is 26.6. The maximum absolute atomic E-state index is 13.6. The van der Waals surface area contributed by atoms with Crippen LogP contribution in [0.15, 0.2) is 41.3 Å². The predicted molar refractivity (Wildman–Crippen MR) is 156 cm³/mol. The first-order valence-electron chi connectivity index (χ1n) is 14.9. The summed E-state index contributed by atoms with van der Waals surface area (Å²) >= 11 is 0. The number of carbonyl (C=O) groups is 1. The average molecular weight is 561 g/mol.